The molecule has 1 aromatic carbocycles. The van der Waals surface area contributed by atoms with Crippen molar-refractivity contribution in [3.63, 3.8) is 0 Å². The molecular formula is C18H16ClF4N5O2. The number of alkyl halides is 3. The molecule has 0 aliphatic carbocycles. The van der Waals surface area contributed by atoms with Crippen LogP contribution in [0.15, 0.2) is 30.6 Å². The van der Waals surface area contributed by atoms with E-state index in [0.29, 0.717) is 5.56 Å². The second kappa shape index (κ2) is 8.42. The molecule has 30 heavy (non-hydrogen) atoms. The summed E-state index contributed by atoms with van der Waals surface area (Å²) in [7, 11) is 0. The van der Waals surface area contributed by atoms with Gasteiger partial charge in [-0.05, 0) is 24.6 Å². The van der Waals surface area contributed by atoms with Crippen LogP contribution in [0, 0.1) is 5.82 Å². The third-order valence-corrected chi connectivity index (χ3v) is 4.85. The van der Waals surface area contributed by atoms with E-state index in [-0.39, 0.29) is 29.6 Å². The number of nitrogens with one attached hydrogen (secondary N) is 2. The Bertz CT molecular complexity index is 955. The number of carbonyl (C=O) groups is 2. The van der Waals surface area contributed by atoms with E-state index in [1.54, 1.807) is 6.92 Å². The van der Waals surface area contributed by atoms with Crippen LogP contribution in [0.25, 0.3) is 0 Å². The molecule has 1 aliphatic heterocycles. The van der Waals surface area contributed by atoms with E-state index in [1.165, 1.54) is 17.0 Å². The van der Waals surface area contributed by atoms with Crippen molar-refractivity contribution in [2.45, 2.75) is 25.2 Å². The smallest absolute Gasteiger partial charge is 0.353 e. The molecule has 0 saturated carbocycles. The van der Waals surface area contributed by atoms with Gasteiger partial charge in [0.05, 0.1) is 11.1 Å². The fourth-order valence-electron chi connectivity index (χ4n) is 2.95. The summed E-state index contributed by atoms with van der Waals surface area (Å²) in [5, 5.41) is 5.03. The monoisotopic (exact) mass is 445 g/mol. The van der Waals surface area contributed by atoms with E-state index in [2.05, 4.69) is 20.6 Å². The first-order valence-corrected chi connectivity index (χ1v) is 9.14. The Hall–Kier alpha value is -2.95. The molecule has 1 aliphatic rings. The van der Waals surface area contributed by atoms with Crippen molar-refractivity contribution in [1.29, 1.82) is 0 Å². The van der Waals surface area contributed by atoms with Crippen molar-refractivity contribution in [2.24, 2.45) is 0 Å². The van der Waals surface area contributed by atoms with Crippen LogP contribution < -0.4 is 10.6 Å². The molecule has 0 unspecified atom stereocenters. The summed E-state index contributed by atoms with van der Waals surface area (Å²) in [5.74, 6) is -2.37. The molecule has 12 heteroatoms. The van der Waals surface area contributed by atoms with Gasteiger partial charge >= 0.3 is 12.2 Å². The van der Waals surface area contributed by atoms with Crippen LogP contribution in [-0.2, 0) is 11.0 Å². The average molecular weight is 446 g/mol. The number of amides is 3. The molecule has 1 aromatic heterocycles. The highest BCUT2D eigenvalue weighted by Gasteiger charge is 2.35. The first kappa shape index (κ1) is 21.8. The lowest BCUT2D eigenvalue weighted by Gasteiger charge is -2.34. The molecule has 2 heterocycles. The summed E-state index contributed by atoms with van der Waals surface area (Å²) in [5.41, 5.74) is 0.417. The molecule has 7 nitrogen and oxygen atoms in total. The maximum absolute atomic E-state index is 13.6. The van der Waals surface area contributed by atoms with E-state index in [9.17, 15) is 27.2 Å². The molecule has 1 saturated heterocycles. The molecule has 0 radical (unpaired) electrons. The normalized spacial score (nSPS) is 18.0. The second-order valence-corrected chi connectivity index (χ2v) is 6.96. The van der Waals surface area contributed by atoms with Crippen LogP contribution in [0.5, 0.6) is 0 Å². The number of aromatic nitrogens is 2. The Kier molecular flexibility index (Phi) is 6.11. The summed E-state index contributed by atoms with van der Waals surface area (Å²) >= 11 is 5.83. The number of carbonyl (C=O) groups excluding carboxylic acids is 2. The summed E-state index contributed by atoms with van der Waals surface area (Å²) in [4.78, 5) is 32.5. The third-order valence-electron chi connectivity index (χ3n) is 4.56. The van der Waals surface area contributed by atoms with Gasteiger partial charge in [0.25, 0.3) is 0 Å². The van der Waals surface area contributed by atoms with Crippen LogP contribution >= 0.6 is 11.6 Å². The van der Waals surface area contributed by atoms with Crippen LogP contribution in [-0.4, -0.2) is 45.9 Å². The van der Waals surface area contributed by atoms with Gasteiger partial charge < -0.3 is 15.5 Å². The minimum Gasteiger partial charge on any atom is -0.353 e. The van der Waals surface area contributed by atoms with E-state index in [1.807, 2.05) is 0 Å². The first-order chi connectivity index (χ1) is 14.1. The van der Waals surface area contributed by atoms with Crippen molar-refractivity contribution in [3.05, 3.63) is 58.4 Å². The fourth-order valence-corrected chi connectivity index (χ4v) is 3.14. The topological polar surface area (TPSA) is 87.2 Å². The van der Waals surface area contributed by atoms with E-state index >= 15 is 0 Å². The Balaban J connectivity index is 1.94. The van der Waals surface area contributed by atoms with Gasteiger partial charge in [0, 0.05) is 31.0 Å². The molecule has 2 aromatic rings. The average Bonchev–Trinajstić information content (AvgIpc) is 2.69. The number of piperazine rings is 1. The van der Waals surface area contributed by atoms with Gasteiger partial charge in [-0.2, -0.15) is 13.2 Å². The van der Waals surface area contributed by atoms with E-state index in [4.69, 9.17) is 11.6 Å². The number of benzene rings is 1. The molecule has 160 valence electrons. The Morgan fingerprint density at radius 3 is 2.57 bits per heavy atom. The summed E-state index contributed by atoms with van der Waals surface area (Å²) < 4.78 is 51.9. The van der Waals surface area contributed by atoms with Crippen LogP contribution in [0.1, 0.15) is 29.9 Å². The number of rotatable bonds is 3. The second-order valence-electron chi connectivity index (χ2n) is 6.55. The van der Waals surface area contributed by atoms with Crippen molar-refractivity contribution in [1.82, 2.24) is 25.5 Å². The Morgan fingerprint density at radius 1 is 1.30 bits per heavy atom. The van der Waals surface area contributed by atoms with Gasteiger partial charge in [-0.25, -0.2) is 19.2 Å². The number of nitrogens with zero attached hydrogens (tertiary/aromatic N) is 3. The van der Waals surface area contributed by atoms with Gasteiger partial charge in [-0.1, -0.05) is 17.7 Å². The summed E-state index contributed by atoms with van der Waals surface area (Å²) in [6, 6.07) is 1.22. The van der Waals surface area contributed by atoms with Crippen LogP contribution in [0.4, 0.5) is 22.4 Å². The molecule has 3 amide bonds. The maximum atomic E-state index is 13.6. The molecule has 0 bridgehead atoms. The lowest BCUT2D eigenvalue weighted by Crippen LogP contribution is -2.58. The Labute approximate surface area is 173 Å². The number of hydrogen-bond acceptors (Lipinski definition) is 4. The molecule has 2 N–H and O–H groups in total. The highest BCUT2D eigenvalue weighted by molar-refractivity contribution is 6.30. The fraction of sp³-hybridized carbons (Fsp3) is 0.333. The third kappa shape index (κ3) is 4.61. The van der Waals surface area contributed by atoms with E-state index < -0.39 is 35.9 Å². The van der Waals surface area contributed by atoms with Crippen LogP contribution in [0.3, 0.4) is 0 Å². The van der Waals surface area contributed by atoms with Gasteiger partial charge in [-0.15, -0.1) is 0 Å². The van der Waals surface area contributed by atoms with Crippen LogP contribution in [0.2, 0.25) is 5.02 Å². The van der Waals surface area contributed by atoms with Crippen molar-refractivity contribution >= 4 is 23.5 Å². The molecule has 1 fully saturated rings. The van der Waals surface area contributed by atoms with Gasteiger partial charge in [0.15, 0.2) is 0 Å². The van der Waals surface area contributed by atoms with Gasteiger partial charge in [0.1, 0.15) is 11.9 Å². The zero-order valence-electron chi connectivity index (χ0n) is 15.5. The van der Waals surface area contributed by atoms with Crippen molar-refractivity contribution in [3.8, 4) is 0 Å². The summed E-state index contributed by atoms with van der Waals surface area (Å²) in [6.07, 6.45) is -2.89. The largest absolute Gasteiger partial charge is 0.451 e. The highest BCUT2D eigenvalue weighted by atomic mass is 35.5. The number of hydrogen-bond donors (Lipinski definition) is 2. The predicted molar refractivity (Wildman–Crippen MR) is 98.0 cm³/mol. The maximum Gasteiger partial charge on any atom is 0.451 e. The van der Waals surface area contributed by atoms with Gasteiger partial charge in [0.2, 0.25) is 11.7 Å². The van der Waals surface area contributed by atoms with Gasteiger partial charge in [-0.3, -0.25) is 4.79 Å². The number of urea groups is 1. The predicted octanol–water partition coefficient (Wildman–Crippen LogP) is 2.91. The highest BCUT2D eigenvalue weighted by Crippen LogP contribution is 2.29. The zero-order valence-corrected chi connectivity index (χ0v) is 16.3. The van der Waals surface area contributed by atoms with Crippen molar-refractivity contribution in [2.75, 3.05) is 13.1 Å². The lowest BCUT2D eigenvalue weighted by atomic mass is 10.0. The minimum atomic E-state index is -4.73. The number of halogens is 5. The SMILES string of the molecule is C[C@@H]1C(=O)NCCN1C(=O)N[C@H](c1cnc(C(F)(F)F)nc1)c1ccc(F)c(Cl)c1. The molecule has 2 atom stereocenters. The molecule has 3 rings (SSSR count). The van der Waals surface area contributed by atoms with E-state index in [0.717, 1.165) is 18.5 Å². The molecular weight excluding hydrogens is 430 g/mol. The Morgan fingerprint density at radius 2 is 1.97 bits per heavy atom. The standard InChI is InChI=1S/C18H16ClF4N5O2/c1-9-15(29)24-4-5-28(9)17(30)27-14(10-2-3-13(20)12(19)6-10)11-7-25-16(26-8-11)18(21,22)23/h2-3,6-9,14H,4-5H2,1H3,(H,24,29)(H,27,30)/t9-,14+/m1/s1. The molecule has 0 spiro atoms. The lowest BCUT2D eigenvalue weighted by molar-refractivity contribution is -0.145. The zero-order chi connectivity index (χ0) is 22.1. The minimum absolute atomic E-state index is 0.119. The summed E-state index contributed by atoms with van der Waals surface area (Å²) in [6.45, 7) is 2.03. The first-order valence-electron chi connectivity index (χ1n) is 8.77. The quantitative estimate of drug-likeness (QED) is 0.711. The van der Waals surface area contributed by atoms with Crippen molar-refractivity contribution < 1.29 is 27.2 Å².